The second-order valence-corrected chi connectivity index (χ2v) is 3.13. The molecule has 4 N–H and O–H groups in total. The van der Waals surface area contributed by atoms with Crippen LogP contribution in [0.2, 0.25) is 0 Å². The van der Waals surface area contributed by atoms with E-state index in [1.165, 1.54) is 12.1 Å². The number of halogens is 2. The molecular weight excluding hydrogens is 202 g/mol. The Bertz CT molecular complexity index is 307. The van der Waals surface area contributed by atoms with Crippen molar-refractivity contribution in [1.29, 1.82) is 0 Å². The van der Waals surface area contributed by atoms with Crippen molar-refractivity contribution in [2.75, 3.05) is 6.54 Å². The van der Waals surface area contributed by atoms with Crippen LogP contribution >= 0.6 is 0 Å². The fourth-order valence-corrected chi connectivity index (χ4v) is 1.27. The fraction of sp³-hybridized carbons (Fsp3) is 0.400. The summed E-state index contributed by atoms with van der Waals surface area (Å²) in [6.07, 6.45) is 0.609. The summed E-state index contributed by atoms with van der Waals surface area (Å²) in [4.78, 5) is 0. The molecule has 0 spiro atoms. The Morgan fingerprint density at radius 2 is 2.07 bits per heavy atom. The summed E-state index contributed by atoms with van der Waals surface area (Å²) >= 11 is 0. The van der Waals surface area contributed by atoms with Gasteiger partial charge < -0.3 is 16.2 Å². The number of nitrogens with two attached hydrogens (primary N) is 2. The molecule has 0 aliphatic carbocycles. The normalized spacial score (nSPS) is 12.9. The van der Waals surface area contributed by atoms with Crippen molar-refractivity contribution in [3.63, 3.8) is 0 Å². The highest BCUT2D eigenvalue weighted by molar-refractivity contribution is 5.30. The zero-order valence-electron chi connectivity index (χ0n) is 8.20. The molecule has 3 nitrogen and oxygen atoms in total. The van der Waals surface area contributed by atoms with Crippen molar-refractivity contribution in [3.05, 3.63) is 29.8 Å². The Balaban J connectivity index is 2.73. The van der Waals surface area contributed by atoms with Crippen LogP contribution in [0.4, 0.5) is 8.78 Å². The maximum Gasteiger partial charge on any atom is 0.387 e. The van der Waals surface area contributed by atoms with Gasteiger partial charge >= 0.3 is 6.61 Å². The lowest BCUT2D eigenvalue weighted by molar-refractivity contribution is -0.0499. The lowest BCUT2D eigenvalue weighted by Gasteiger charge is -2.12. The fourth-order valence-electron chi connectivity index (χ4n) is 1.27. The molecule has 1 rings (SSSR count). The van der Waals surface area contributed by atoms with Crippen LogP contribution in [0.3, 0.4) is 0 Å². The zero-order chi connectivity index (χ0) is 11.3. The van der Waals surface area contributed by atoms with Gasteiger partial charge in [-0.2, -0.15) is 8.78 Å². The second kappa shape index (κ2) is 5.63. The SMILES string of the molecule is NCC[C@H](N)c1cccc(OC(F)F)c1. The molecule has 84 valence electrons. The maximum atomic E-state index is 11.9. The van der Waals surface area contributed by atoms with Gasteiger partial charge in [0.05, 0.1) is 0 Å². The van der Waals surface area contributed by atoms with Crippen LogP contribution in [0, 0.1) is 0 Å². The molecule has 0 aliphatic heterocycles. The lowest BCUT2D eigenvalue weighted by Crippen LogP contribution is -2.15. The van der Waals surface area contributed by atoms with Crippen LogP contribution in [-0.4, -0.2) is 13.2 Å². The number of alkyl halides is 2. The molecule has 0 saturated carbocycles. The smallest absolute Gasteiger partial charge is 0.387 e. The van der Waals surface area contributed by atoms with Gasteiger partial charge in [-0.05, 0) is 30.7 Å². The molecule has 0 amide bonds. The molecular formula is C10H14F2N2O. The number of rotatable bonds is 5. The summed E-state index contributed by atoms with van der Waals surface area (Å²) in [6, 6.07) is 6.12. The van der Waals surface area contributed by atoms with Gasteiger partial charge in [0, 0.05) is 6.04 Å². The second-order valence-electron chi connectivity index (χ2n) is 3.13. The molecule has 1 aromatic carbocycles. The molecule has 0 aromatic heterocycles. The lowest BCUT2D eigenvalue weighted by atomic mass is 10.0. The largest absolute Gasteiger partial charge is 0.435 e. The van der Waals surface area contributed by atoms with Crippen LogP contribution in [0.5, 0.6) is 5.75 Å². The summed E-state index contributed by atoms with van der Waals surface area (Å²) in [6.45, 7) is -2.35. The van der Waals surface area contributed by atoms with Gasteiger partial charge in [-0.1, -0.05) is 12.1 Å². The third-order valence-corrected chi connectivity index (χ3v) is 1.99. The molecule has 0 unspecified atom stereocenters. The predicted molar refractivity (Wildman–Crippen MR) is 53.7 cm³/mol. The minimum absolute atomic E-state index is 0.120. The summed E-state index contributed by atoms with van der Waals surface area (Å²) in [5.74, 6) is 0.120. The van der Waals surface area contributed by atoms with E-state index >= 15 is 0 Å². The van der Waals surface area contributed by atoms with Gasteiger partial charge in [-0.3, -0.25) is 0 Å². The van der Waals surface area contributed by atoms with Crippen molar-refractivity contribution in [2.24, 2.45) is 11.5 Å². The van der Waals surface area contributed by atoms with Crippen molar-refractivity contribution in [2.45, 2.75) is 19.1 Å². The van der Waals surface area contributed by atoms with Crippen LogP contribution in [0.1, 0.15) is 18.0 Å². The molecule has 0 fully saturated rings. The van der Waals surface area contributed by atoms with Gasteiger partial charge in [0.25, 0.3) is 0 Å². The van der Waals surface area contributed by atoms with Gasteiger partial charge in [0.2, 0.25) is 0 Å². The average Bonchev–Trinajstić information content (AvgIpc) is 2.17. The predicted octanol–water partition coefficient (Wildman–Crippen LogP) is 1.64. The first kappa shape index (κ1) is 11.9. The van der Waals surface area contributed by atoms with Gasteiger partial charge in [-0.15, -0.1) is 0 Å². The van der Waals surface area contributed by atoms with Crippen LogP contribution < -0.4 is 16.2 Å². The van der Waals surface area contributed by atoms with E-state index in [0.717, 1.165) is 5.56 Å². The van der Waals surface area contributed by atoms with E-state index in [1.54, 1.807) is 12.1 Å². The average molecular weight is 216 g/mol. The van der Waals surface area contributed by atoms with Crippen LogP contribution in [0.15, 0.2) is 24.3 Å². The first-order valence-corrected chi connectivity index (χ1v) is 4.64. The monoisotopic (exact) mass is 216 g/mol. The topological polar surface area (TPSA) is 61.3 Å². The Labute approximate surface area is 87.0 Å². The number of hydrogen-bond acceptors (Lipinski definition) is 3. The van der Waals surface area contributed by atoms with Crippen LogP contribution in [-0.2, 0) is 0 Å². The summed E-state index contributed by atoms with van der Waals surface area (Å²) in [5, 5.41) is 0. The summed E-state index contributed by atoms with van der Waals surface area (Å²) < 4.78 is 28.1. The molecule has 0 heterocycles. The first-order chi connectivity index (χ1) is 7.13. The molecule has 1 atom stereocenters. The Morgan fingerprint density at radius 1 is 1.33 bits per heavy atom. The molecule has 5 heteroatoms. The summed E-state index contributed by atoms with van der Waals surface area (Å²) in [5.41, 5.74) is 11.9. The van der Waals surface area contributed by atoms with E-state index in [1.807, 2.05) is 0 Å². The van der Waals surface area contributed by atoms with E-state index in [4.69, 9.17) is 11.5 Å². The molecule has 15 heavy (non-hydrogen) atoms. The Kier molecular flexibility index (Phi) is 4.45. The van der Waals surface area contributed by atoms with Crippen molar-refractivity contribution >= 4 is 0 Å². The standard InChI is InChI=1S/C10H14F2N2O/c11-10(12)15-8-3-1-2-7(6-8)9(14)4-5-13/h1-3,6,9-10H,4-5,13-14H2/t9-/m0/s1. The first-order valence-electron chi connectivity index (χ1n) is 4.64. The molecule has 1 aromatic rings. The zero-order valence-corrected chi connectivity index (χ0v) is 8.20. The van der Waals surface area contributed by atoms with Crippen molar-refractivity contribution in [3.8, 4) is 5.75 Å². The van der Waals surface area contributed by atoms with E-state index < -0.39 is 6.61 Å². The van der Waals surface area contributed by atoms with Crippen molar-refractivity contribution in [1.82, 2.24) is 0 Å². The van der Waals surface area contributed by atoms with E-state index in [-0.39, 0.29) is 11.8 Å². The van der Waals surface area contributed by atoms with Crippen molar-refractivity contribution < 1.29 is 13.5 Å². The van der Waals surface area contributed by atoms with Crippen LogP contribution in [0.25, 0.3) is 0 Å². The van der Waals surface area contributed by atoms with E-state index in [9.17, 15) is 8.78 Å². The molecule has 0 bridgehead atoms. The molecule has 0 saturated heterocycles. The van der Waals surface area contributed by atoms with Gasteiger partial charge in [0.15, 0.2) is 0 Å². The highest BCUT2D eigenvalue weighted by atomic mass is 19.3. The number of hydrogen-bond donors (Lipinski definition) is 2. The quantitative estimate of drug-likeness (QED) is 0.786. The van der Waals surface area contributed by atoms with Gasteiger partial charge in [0.1, 0.15) is 5.75 Å². The van der Waals surface area contributed by atoms with Gasteiger partial charge in [-0.25, -0.2) is 0 Å². The molecule has 0 radical (unpaired) electrons. The maximum absolute atomic E-state index is 11.9. The third kappa shape index (κ3) is 3.81. The molecule has 0 aliphatic rings. The number of benzene rings is 1. The van der Waals surface area contributed by atoms with E-state index in [0.29, 0.717) is 13.0 Å². The Morgan fingerprint density at radius 3 is 2.67 bits per heavy atom. The highest BCUT2D eigenvalue weighted by Gasteiger charge is 2.08. The highest BCUT2D eigenvalue weighted by Crippen LogP contribution is 2.20. The number of ether oxygens (including phenoxy) is 1. The Hall–Kier alpha value is -1.20. The third-order valence-electron chi connectivity index (χ3n) is 1.99. The summed E-state index contributed by atoms with van der Waals surface area (Å²) in [7, 11) is 0. The minimum atomic E-state index is -2.81. The van der Waals surface area contributed by atoms with E-state index in [2.05, 4.69) is 4.74 Å². The minimum Gasteiger partial charge on any atom is -0.435 e.